The van der Waals surface area contributed by atoms with E-state index in [2.05, 4.69) is 21.0 Å². The van der Waals surface area contributed by atoms with Crippen molar-refractivity contribution in [2.45, 2.75) is 11.8 Å². The monoisotopic (exact) mass is 449 g/mol. The number of amides is 2. The summed E-state index contributed by atoms with van der Waals surface area (Å²) in [6.07, 6.45) is 0. The molecular formula is C19H17ClFN5O3S. The fourth-order valence-electron chi connectivity index (χ4n) is 2.27. The summed E-state index contributed by atoms with van der Waals surface area (Å²) >= 11 is 7.20. The third-order valence-electron chi connectivity index (χ3n) is 3.87. The van der Waals surface area contributed by atoms with Crippen LogP contribution in [0.25, 0.3) is 0 Å². The number of hydrazine groups is 1. The largest absolute Gasteiger partial charge is 0.484 e. The first kappa shape index (κ1) is 21.6. The summed E-state index contributed by atoms with van der Waals surface area (Å²) in [5.41, 5.74) is 4.79. The molecule has 8 nitrogen and oxygen atoms in total. The predicted octanol–water partition coefficient (Wildman–Crippen LogP) is 2.74. The Morgan fingerprint density at radius 3 is 2.60 bits per heavy atom. The Morgan fingerprint density at radius 2 is 1.87 bits per heavy atom. The minimum atomic E-state index is -0.550. The maximum atomic E-state index is 12.9. The summed E-state index contributed by atoms with van der Waals surface area (Å²) in [6, 6.07) is 12.0. The van der Waals surface area contributed by atoms with Gasteiger partial charge in [0.05, 0.1) is 10.8 Å². The molecule has 0 bridgehead atoms. The minimum Gasteiger partial charge on any atom is -0.484 e. The Bertz CT molecular complexity index is 1040. The minimum absolute atomic E-state index is 0.00103. The van der Waals surface area contributed by atoms with E-state index in [0.717, 1.165) is 23.9 Å². The molecule has 0 spiro atoms. The summed E-state index contributed by atoms with van der Waals surface area (Å²) in [5.74, 6) is -0.346. The van der Waals surface area contributed by atoms with Crippen LogP contribution in [0.5, 0.6) is 5.75 Å². The molecule has 2 N–H and O–H groups in total. The molecule has 156 valence electrons. The molecule has 30 heavy (non-hydrogen) atoms. The average molecular weight is 450 g/mol. The molecule has 2 aromatic carbocycles. The quantitative estimate of drug-likeness (QED) is 0.425. The van der Waals surface area contributed by atoms with Crippen molar-refractivity contribution in [1.82, 2.24) is 25.6 Å². The molecule has 0 radical (unpaired) electrons. The van der Waals surface area contributed by atoms with Crippen LogP contribution >= 0.6 is 23.4 Å². The van der Waals surface area contributed by atoms with Crippen LogP contribution in [0.15, 0.2) is 53.7 Å². The number of carbonyl (C=O) groups excluding carboxylic acids is 2. The number of halogens is 2. The highest BCUT2D eigenvalue weighted by molar-refractivity contribution is 7.99. The Morgan fingerprint density at radius 1 is 1.13 bits per heavy atom. The van der Waals surface area contributed by atoms with Crippen molar-refractivity contribution in [2.24, 2.45) is 7.05 Å². The molecule has 3 aromatic rings. The Balaban J connectivity index is 1.46. The first-order valence-corrected chi connectivity index (χ1v) is 10.0. The number of nitrogens with zero attached hydrogens (tertiary/aromatic N) is 3. The van der Waals surface area contributed by atoms with E-state index in [1.54, 1.807) is 29.8 Å². The number of ether oxygens (including phenoxy) is 1. The number of nitrogens with one attached hydrogen (secondary N) is 2. The molecule has 1 aromatic heterocycles. The lowest BCUT2D eigenvalue weighted by molar-refractivity contribution is -0.119. The van der Waals surface area contributed by atoms with Crippen LogP contribution < -0.4 is 15.6 Å². The summed E-state index contributed by atoms with van der Waals surface area (Å²) in [5, 5.41) is 9.09. The molecule has 0 saturated carbocycles. The van der Waals surface area contributed by atoms with Crippen LogP contribution in [0.3, 0.4) is 0 Å². The van der Waals surface area contributed by atoms with Crippen molar-refractivity contribution in [3.05, 3.63) is 70.8 Å². The first-order chi connectivity index (χ1) is 14.4. The van der Waals surface area contributed by atoms with Crippen LogP contribution in [0.4, 0.5) is 4.39 Å². The van der Waals surface area contributed by atoms with Crippen LogP contribution in [-0.4, -0.2) is 32.3 Å². The maximum Gasteiger partial charge on any atom is 0.269 e. The number of aromatic nitrogens is 3. The van der Waals surface area contributed by atoms with Crippen molar-refractivity contribution in [3.63, 3.8) is 0 Å². The van der Waals surface area contributed by atoms with Gasteiger partial charge in [-0.25, -0.2) is 4.39 Å². The number of rotatable bonds is 7. The number of hydrogen-bond acceptors (Lipinski definition) is 6. The first-order valence-electron chi connectivity index (χ1n) is 8.67. The van der Waals surface area contributed by atoms with Gasteiger partial charge in [-0.2, -0.15) is 0 Å². The lowest BCUT2D eigenvalue weighted by Crippen LogP contribution is -2.42. The predicted molar refractivity (Wildman–Crippen MR) is 110 cm³/mol. The average Bonchev–Trinajstić information content (AvgIpc) is 3.10. The van der Waals surface area contributed by atoms with Crippen molar-refractivity contribution < 1.29 is 18.7 Å². The zero-order chi connectivity index (χ0) is 21.5. The molecule has 0 aliphatic carbocycles. The van der Waals surface area contributed by atoms with E-state index in [0.29, 0.717) is 21.8 Å². The van der Waals surface area contributed by atoms with Gasteiger partial charge < -0.3 is 9.30 Å². The molecule has 0 aliphatic rings. The van der Waals surface area contributed by atoms with Gasteiger partial charge in [-0.05, 0) is 36.4 Å². The van der Waals surface area contributed by atoms with Crippen LogP contribution in [0.2, 0.25) is 5.02 Å². The third-order valence-corrected chi connectivity index (χ3v) is 5.21. The maximum absolute atomic E-state index is 12.9. The molecular weight excluding hydrogens is 433 g/mol. The van der Waals surface area contributed by atoms with Gasteiger partial charge in [0.2, 0.25) is 5.91 Å². The highest BCUT2D eigenvalue weighted by Crippen LogP contribution is 2.24. The summed E-state index contributed by atoms with van der Waals surface area (Å²) in [4.78, 5) is 23.9. The number of thioether (sulfide) groups is 1. The molecule has 0 fully saturated rings. The molecule has 0 atom stereocenters. The van der Waals surface area contributed by atoms with Gasteiger partial charge in [-0.3, -0.25) is 20.4 Å². The highest BCUT2D eigenvalue weighted by Gasteiger charge is 2.13. The molecule has 0 aliphatic heterocycles. The van der Waals surface area contributed by atoms with Gasteiger partial charge in [-0.1, -0.05) is 35.5 Å². The van der Waals surface area contributed by atoms with E-state index in [1.165, 1.54) is 12.1 Å². The second kappa shape index (κ2) is 10.1. The summed E-state index contributed by atoms with van der Waals surface area (Å²) < 4.78 is 20.2. The second-order valence-electron chi connectivity index (χ2n) is 5.97. The van der Waals surface area contributed by atoms with Crippen molar-refractivity contribution in [3.8, 4) is 5.75 Å². The fourth-order valence-corrected chi connectivity index (χ4v) is 3.19. The van der Waals surface area contributed by atoms with E-state index in [-0.39, 0.29) is 17.9 Å². The molecule has 11 heteroatoms. The number of benzene rings is 2. The zero-order valence-electron chi connectivity index (χ0n) is 15.8. The van der Waals surface area contributed by atoms with Gasteiger partial charge in [0, 0.05) is 12.6 Å². The van der Waals surface area contributed by atoms with Crippen molar-refractivity contribution >= 4 is 35.2 Å². The van der Waals surface area contributed by atoms with Gasteiger partial charge in [-0.15, -0.1) is 10.2 Å². The number of carbonyl (C=O) groups is 2. The molecule has 0 saturated heterocycles. The molecule has 1 heterocycles. The number of para-hydroxylation sites is 1. The van der Waals surface area contributed by atoms with E-state index in [4.69, 9.17) is 16.3 Å². The van der Waals surface area contributed by atoms with E-state index >= 15 is 0 Å². The lowest BCUT2D eigenvalue weighted by atomic mass is 10.2. The number of hydrogen-bond donors (Lipinski definition) is 2. The summed E-state index contributed by atoms with van der Waals surface area (Å²) in [6.45, 7) is 0.160. The van der Waals surface area contributed by atoms with E-state index in [1.807, 2.05) is 6.07 Å². The summed E-state index contributed by atoms with van der Waals surface area (Å²) in [7, 11) is 1.75. The van der Waals surface area contributed by atoms with Gasteiger partial charge in [0.15, 0.2) is 11.0 Å². The fraction of sp³-hybridized carbons (Fsp3) is 0.158. The highest BCUT2D eigenvalue weighted by atomic mass is 35.5. The third kappa shape index (κ3) is 5.71. The molecule has 0 unspecified atom stereocenters. The zero-order valence-corrected chi connectivity index (χ0v) is 17.3. The topological polar surface area (TPSA) is 98.1 Å². The van der Waals surface area contributed by atoms with Gasteiger partial charge in [0.1, 0.15) is 18.2 Å². The standard InChI is InChI=1S/C19H17ClFN5O3S/c1-26-16(10-29-15-5-3-2-4-14(15)20)22-25-19(26)30-11-17(27)23-24-18(28)12-6-8-13(21)9-7-12/h2-9H,10-11H2,1H3,(H,23,27)(H,24,28). The van der Waals surface area contributed by atoms with Gasteiger partial charge >= 0.3 is 0 Å². The van der Waals surface area contributed by atoms with Crippen LogP contribution in [0, 0.1) is 5.82 Å². The van der Waals surface area contributed by atoms with Crippen molar-refractivity contribution in [2.75, 3.05) is 5.75 Å². The van der Waals surface area contributed by atoms with E-state index in [9.17, 15) is 14.0 Å². The van der Waals surface area contributed by atoms with Crippen LogP contribution in [-0.2, 0) is 18.4 Å². The van der Waals surface area contributed by atoms with E-state index < -0.39 is 17.6 Å². The Kier molecular flexibility index (Phi) is 7.26. The molecule has 3 rings (SSSR count). The normalized spacial score (nSPS) is 10.5. The Hall–Kier alpha value is -3.11. The smallest absolute Gasteiger partial charge is 0.269 e. The van der Waals surface area contributed by atoms with Crippen molar-refractivity contribution in [1.29, 1.82) is 0 Å². The van der Waals surface area contributed by atoms with Gasteiger partial charge in [0.25, 0.3) is 5.91 Å². The lowest BCUT2D eigenvalue weighted by Gasteiger charge is -2.08. The second-order valence-corrected chi connectivity index (χ2v) is 7.32. The van der Waals surface area contributed by atoms with Crippen LogP contribution in [0.1, 0.15) is 16.2 Å². The Labute approximate surface area is 180 Å². The molecule has 2 amide bonds. The SMILES string of the molecule is Cn1c(COc2ccccc2Cl)nnc1SCC(=O)NNC(=O)c1ccc(F)cc1.